The van der Waals surface area contributed by atoms with Crippen LogP contribution in [0.25, 0.3) is 10.2 Å². The van der Waals surface area contributed by atoms with Crippen LogP contribution in [-0.4, -0.2) is 14.9 Å². The third-order valence-electron chi connectivity index (χ3n) is 2.24. The lowest BCUT2D eigenvalue weighted by atomic mass is 10.3. The van der Waals surface area contributed by atoms with E-state index >= 15 is 0 Å². The number of hydrogen-bond donors (Lipinski definition) is 0. The third-order valence-corrected chi connectivity index (χ3v) is 3.79. The highest BCUT2D eigenvalue weighted by Gasteiger charge is 2.07. The van der Waals surface area contributed by atoms with Crippen LogP contribution < -0.4 is 5.56 Å². The predicted octanol–water partition coefficient (Wildman–Crippen LogP) is 2.42. The lowest BCUT2D eigenvalue weighted by molar-refractivity contribution is 0.729. The first-order valence-electron chi connectivity index (χ1n) is 4.80. The van der Waals surface area contributed by atoms with Crippen molar-refractivity contribution >= 4 is 37.5 Å². The molecule has 2 rings (SSSR count). The van der Waals surface area contributed by atoms with Gasteiger partial charge < -0.3 is 0 Å². The second kappa shape index (κ2) is 4.45. The molecule has 80 valence electrons. The molecule has 2 heterocycles. The smallest absolute Gasteiger partial charge is 0.262 e. The van der Waals surface area contributed by atoms with Gasteiger partial charge in [-0.05, 0) is 12.5 Å². The summed E-state index contributed by atoms with van der Waals surface area (Å²) in [7, 11) is 0. The SMILES string of the molecule is CCc1cc2c(=O)n(CCBr)cnc2s1. The summed E-state index contributed by atoms with van der Waals surface area (Å²) < 4.78 is 1.64. The minimum Gasteiger partial charge on any atom is -0.298 e. The minimum atomic E-state index is 0.0652. The molecule has 5 heteroatoms. The summed E-state index contributed by atoms with van der Waals surface area (Å²) in [5.74, 6) is 0. The van der Waals surface area contributed by atoms with Crippen molar-refractivity contribution in [1.29, 1.82) is 0 Å². The van der Waals surface area contributed by atoms with Gasteiger partial charge in [-0.1, -0.05) is 22.9 Å². The maximum atomic E-state index is 12.0. The molecule has 0 unspecified atom stereocenters. The molecule has 0 atom stereocenters. The van der Waals surface area contributed by atoms with Crippen molar-refractivity contribution in [2.24, 2.45) is 0 Å². The largest absolute Gasteiger partial charge is 0.298 e. The summed E-state index contributed by atoms with van der Waals surface area (Å²) in [6.45, 7) is 2.75. The van der Waals surface area contributed by atoms with Gasteiger partial charge in [-0.3, -0.25) is 9.36 Å². The van der Waals surface area contributed by atoms with Gasteiger partial charge in [0.2, 0.25) is 0 Å². The van der Waals surface area contributed by atoms with Crippen molar-refractivity contribution in [1.82, 2.24) is 9.55 Å². The molecule has 0 bridgehead atoms. The fourth-order valence-electron chi connectivity index (χ4n) is 1.43. The van der Waals surface area contributed by atoms with Gasteiger partial charge in [0.15, 0.2) is 0 Å². The van der Waals surface area contributed by atoms with Crippen LogP contribution in [0.15, 0.2) is 17.2 Å². The van der Waals surface area contributed by atoms with Crippen LogP contribution in [0.4, 0.5) is 0 Å². The van der Waals surface area contributed by atoms with E-state index in [1.54, 1.807) is 22.2 Å². The Morgan fingerprint density at radius 3 is 3.07 bits per heavy atom. The second-order valence-electron chi connectivity index (χ2n) is 3.22. The molecule has 0 fully saturated rings. The van der Waals surface area contributed by atoms with E-state index in [1.165, 1.54) is 4.88 Å². The Hall–Kier alpha value is -0.680. The maximum Gasteiger partial charge on any atom is 0.262 e. The van der Waals surface area contributed by atoms with Crippen molar-refractivity contribution < 1.29 is 0 Å². The van der Waals surface area contributed by atoms with Crippen LogP contribution in [0.2, 0.25) is 0 Å². The molecule has 2 aromatic heterocycles. The Morgan fingerprint density at radius 2 is 2.40 bits per heavy atom. The summed E-state index contributed by atoms with van der Waals surface area (Å²) in [5, 5.41) is 1.52. The Bertz CT molecular complexity index is 532. The molecule has 15 heavy (non-hydrogen) atoms. The number of halogens is 1. The summed E-state index contributed by atoms with van der Waals surface area (Å²) in [4.78, 5) is 18.3. The molecular formula is C10H11BrN2OS. The average molecular weight is 287 g/mol. The molecule has 0 aromatic carbocycles. The fraction of sp³-hybridized carbons (Fsp3) is 0.400. The summed E-state index contributed by atoms with van der Waals surface area (Å²) >= 11 is 4.92. The van der Waals surface area contributed by atoms with Gasteiger partial charge in [0, 0.05) is 16.8 Å². The van der Waals surface area contributed by atoms with E-state index in [0.717, 1.165) is 22.0 Å². The predicted molar refractivity (Wildman–Crippen MR) is 67.1 cm³/mol. The molecule has 0 spiro atoms. The molecule has 0 radical (unpaired) electrons. The zero-order valence-corrected chi connectivity index (χ0v) is 10.8. The maximum absolute atomic E-state index is 12.0. The van der Waals surface area contributed by atoms with Crippen LogP contribution in [0.1, 0.15) is 11.8 Å². The third kappa shape index (κ3) is 1.99. The Labute approximate surface area is 99.9 Å². The number of hydrogen-bond acceptors (Lipinski definition) is 3. The minimum absolute atomic E-state index is 0.0652. The van der Waals surface area contributed by atoms with E-state index in [1.807, 2.05) is 6.07 Å². The van der Waals surface area contributed by atoms with E-state index < -0.39 is 0 Å². The Morgan fingerprint density at radius 1 is 1.60 bits per heavy atom. The zero-order valence-electron chi connectivity index (χ0n) is 8.36. The first-order chi connectivity index (χ1) is 7.26. The van der Waals surface area contributed by atoms with Gasteiger partial charge in [0.05, 0.1) is 11.7 Å². The van der Waals surface area contributed by atoms with E-state index in [4.69, 9.17) is 0 Å². The second-order valence-corrected chi connectivity index (χ2v) is 5.13. The van der Waals surface area contributed by atoms with Crippen molar-refractivity contribution in [3.8, 4) is 0 Å². The van der Waals surface area contributed by atoms with Crippen LogP contribution in [0.3, 0.4) is 0 Å². The normalized spacial score (nSPS) is 11.1. The van der Waals surface area contributed by atoms with Gasteiger partial charge in [-0.2, -0.15) is 0 Å². The van der Waals surface area contributed by atoms with Crippen molar-refractivity contribution in [2.75, 3.05) is 5.33 Å². The monoisotopic (exact) mass is 286 g/mol. The fourth-order valence-corrected chi connectivity index (χ4v) is 2.74. The number of alkyl halides is 1. The number of rotatable bonds is 3. The molecule has 3 nitrogen and oxygen atoms in total. The van der Waals surface area contributed by atoms with Gasteiger partial charge in [0.25, 0.3) is 5.56 Å². The topological polar surface area (TPSA) is 34.9 Å². The number of fused-ring (bicyclic) bond motifs is 1. The summed E-state index contributed by atoms with van der Waals surface area (Å²) in [6, 6.07) is 1.96. The Kier molecular flexibility index (Phi) is 3.21. The summed E-state index contributed by atoms with van der Waals surface area (Å²) in [5.41, 5.74) is 0.0652. The quantitative estimate of drug-likeness (QED) is 0.813. The van der Waals surface area contributed by atoms with Crippen LogP contribution >= 0.6 is 27.3 Å². The van der Waals surface area contributed by atoms with Crippen molar-refractivity contribution in [3.63, 3.8) is 0 Å². The molecular weight excluding hydrogens is 276 g/mol. The summed E-state index contributed by atoms with van der Waals surface area (Å²) in [6.07, 6.45) is 2.58. The molecule has 2 aromatic rings. The van der Waals surface area contributed by atoms with Gasteiger partial charge in [-0.15, -0.1) is 11.3 Å². The molecule has 0 saturated heterocycles. The zero-order chi connectivity index (χ0) is 10.8. The number of nitrogens with zero attached hydrogens (tertiary/aromatic N) is 2. The van der Waals surface area contributed by atoms with E-state index in [2.05, 4.69) is 27.8 Å². The highest BCUT2D eigenvalue weighted by molar-refractivity contribution is 9.09. The van der Waals surface area contributed by atoms with E-state index in [9.17, 15) is 4.79 Å². The average Bonchev–Trinajstić information content (AvgIpc) is 2.66. The molecule has 0 amide bonds. The van der Waals surface area contributed by atoms with Gasteiger partial charge in [0.1, 0.15) is 4.83 Å². The van der Waals surface area contributed by atoms with Crippen molar-refractivity contribution in [2.45, 2.75) is 19.9 Å². The highest BCUT2D eigenvalue weighted by atomic mass is 79.9. The van der Waals surface area contributed by atoms with Crippen LogP contribution in [-0.2, 0) is 13.0 Å². The molecule has 0 aliphatic carbocycles. The lowest BCUT2D eigenvalue weighted by Crippen LogP contribution is -2.20. The molecule has 0 aliphatic heterocycles. The lowest BCUT2D eigenvalue weighted by Gasteiger charge is -2.00. The van der Waals surface area contributed by atoms with E-state index in [0.29, 0.717) is 6.54 Å². The standard InChI is InChI=1S/C10H11BrN2OS/c1-2-7-5-8-9(15-7)12-6-13(4-3-11)10(8)14/h5-6H,2-4H2,1H3. The first kappa shape index (κ1) is 10.8. The number of thiophene rings is 1. The first-order valence-corrected chi connectivity index (χ1v) is 6.74. The van der Waals surface area contributed by atoms with Crippen molar-refractivity contribution in [3.05, 3.63) is 27.6 Å². The van der Waals surface area contributed by atoms with Gasteiger partial charge >= 0.3 is 0 Å². The highest BCUT2D eigenvalue weighted by Crippen LogP contribution is 2.20. The molecule has 0 N–H and O–H groups in total. The Balaban J connectivity index is 2.62. The molecule has 0 aliphatic rings. The van der Waals surface area contributed by atoms with Crippen LogP contribution in [0.5, 0.6) is 0 Å². The number of aromatic nitrogens is 2. The number of aryl methyl sites for hydroxylation is 2. The molecule has 0 saturated carbocycles. The van der Waals surface area contributed by atoms with Gasteiger partial charge in [-0.25, -0.2) is 4.98 Å². The van der Waals surface area contributed by atoms with Crippen LogP contribution in [0, 0.1) is 0 Å². The van der Waals surface area contributed by atoms with E-state index in [-0.39, 0.29) is 5.56 Å².